The molecule has 96 valence electrons. The number of benzene rings is 1. The van der Waals surface area contributed by atoms with Gasteiger partial charge < -0.3 is 10.1 Å². The number of hydrogen-bond donors (Lipinski definition) is 1. The molecule has 0 aliphatic heterocycles. The smallest absolute Gasteiger partial charge is 0.0484 e. The lowest BCUT2D eigenvalue weighted by Gasteiger charge is -2.17. The largest absolute Gasteiger partial charge is 0.381 e. The van der Waals surface area contributed by atoms with E-state index in [0.717, 1.165) is 32.5 Å². The zero-order valence-corrected chi connectivity index (χ0v) is 11.3. The summed E-state index contributed by atoms with van der Waals surface area (Å²) >= 11 is 0. The van der Waals surface area contributed by atoms with Crippen molar-refractivity contribution in [1.82, 2.24) is 5.32 Å². The molecule has 0 fully saturated rings. The van der Waals surface area contributed by atoms with Gasteiger partial charge in [-0.2, -0.15) is 0 Å². The van der Waals surface area contributed by atoms with E-state index >= 15 is 0 Å². The minimum atomic E-state index is 0.401. The predicted octanol–water partition coefficient (Wildman–Crippen LogP) is 3.33. The van der Waals surface area contributed by atoms with Crippen molar-refractivity contribution in [3.05, 3.63) is 35.4 Å². The summed E-state index contributed by atoms with van der Waals surface area (Å²) < 4.78 is 5.55. The monoisotopic (exact) mass is 235 g/mol. The Morgan fingerprint density at radius 3 is 2.71 bits per heavy atom. The molecule has 0 heterocycles. The number of nitrogens with one attached hydrogen (secondary N) is 1. The highest BCUT2D eigenvalue weighted by molar-refractivity contribution is 5.26. The maximum absolute atomic E-state index is 5.55. The van der Waals surface area contributed by atoms with Gasteiger partial charge in [0.25, 0.3) is 0 Å². The van der Waals surface area contributed by atoms with Crippen molar-refractivity contribution in [3.63, 3.8) is 0 Å². The Kier molecular flexibility index (Phi) is 6.90. The van der Waals surface area contributed by atoms with Gasteiger partial charge in [-0.3, -0.25) is 0 Å². The molecule has 0 amide bonds. The van der Waals surface area contributed by atoms with Crippen LogP contribution in [0.4, 0.5) is 0 Å². The van der Waals surface area contributed by atoms with Gasteiger partial charge in [0.1, 0.15) is 0 Å². The number of ether oxygens (including phenoxy) is 1. The van der Waals surface area contributed by atoms with Crippen molar-refractivity contribution in [1.29, 1.82) is 0 Å². The second kappa shape index (κ2) is 8.26. The first-order valence-corrected chi connectivity index (χ1v) is 6.65. The first kappa shape index (κ1) is 14.2. The Morgan fingerprint density at radius 2 is 2.06 bits per heavy atom. The van der Waals surface area contributed by atoms with Crippen LogP contribution in [0.3, 0.4) is 0 Å². The molecular formula is C15H25NO. The van der Waals surface area contributed by atoms with Gasteiger partial charge in [0.15, 0.2) is 0 Å². The zero-order chi connectivity index (χ0) is 12.5. The van der Waals surface area contributed by atoms with Gasteiger partial charge >= 0.3 is 0 Å². The molecule has 0 spiro atoms. The lowest BCUT2D eigenvalue weighted by Crippen LogP contribution is -2.18. The van der Waals surface area contributed by atoms with E-state index in [1.807, 2.05) is 7.05 Å². The minimum Gasteiger partial charge on any atom is -0.381 e. The summed E-state index contributed by atoms with van der Waals surface area (Å²) in [6.07, 6.45) is 3.22. The van der Waals surface area contributed by atoms with Gasteiger partial charge in [0.2, 0.25) is 0 Å². The normalized spacial score (nSPS) is 12.6. The van der Waals surface area contributed by atoms with Gasteiger partial charge in [0.05, 0.1) is 0 Å². The highest BCUT2D eigenvalue weighted by Crippen LogP contribution is 2.18. The van der Waals surface area contributed by atoms with Gasteiger partial charge in [-0.1, -0.05) is 38.1 Å². The highest BCUT2D eigenvalue weighted by atomic mass is 16.5. The molecule has 2 heteroatoms. The quantitative estimate of drug-likeness (QED) is 0.698. The van der Waals surface area contributed by atoms with Crippen LogP contribution in [0.1, 0.15) is 43.9 Å². The molecule has 1 rings (SSSR count). The Hall–Kier alpha value is -0.860. The van der Waals surface area contributed by atoms with Crippen molar-refractivity contribution in [2.24, 2.45) is 0 Å². The van der Waals surface area contributed by atoms with Crippen LogP contribution in [0.15, 0.2) is 24.3 Å². The van der Waals surface area contributed by atoms with Gasteiger partial charge in [-0.05, 0) is 37.4 Å². The fourth-order valence-corrected chi connectivity index (χ4v) is 1.96. The van der Waals surface area contributed by atoms with E-state index < -0.39 is 0 Å². The topological polar surface area (TPSA) is 21.3 Å². The number of hydrogen-bond acceptors (Lipinski definition) is 2. The van der Waals surface area contributed by atoms with E-state index in [1.54, 1.807) is 0 Å². The molecule has 1 aromatic rings. The molecule has 1 atom stereocenters. The first-order valence-electron chi connectivity index (χ1n) is 6.65. The molecule has 0 aromatic heterocycles. The van der Waals surface area contributed by atoms with Gasteiger partial charge in [-0.25, -0.2) is 0 Å². The van der Waals surface area contributed by atoms with Gasteiger partial charge in [-0.15, -0.1) is 0 Å². The molecule has 1 unspecified atom stereocenters. The Balaban J connectivity index is 2.53. The summed E-state index contributed by atoms with van der Waals surface area (Å²) in [4.78, 5) is 0. The molecule has 0 saturated carbocycles. The molecule has 17 heavy (non-hydrogen) atoms. The second-order valence-electron chi connectivity index (χ2n) is 4.34. The fourth-order valence-electron chi connectivity index (χ4n) is 1.96. The standard InChI is InChI=1S/C15H25NO/c1-4-10-17-11-9-15(16-3)14-8-6-7-13(5-2)12-14/h6-8,12,15-16H,4-5,9-11H2,1-3H3. The molecule has 0 bridgehead atoms. The molecule has 1 N–H and O–H groups in total. The third kappa shape index (κ3) is 4.88. The average molecular weight is 235 g/mol. The van der Waals surface area contributed by atoms with Crippen LogP contribution < -0.4 is 5.32 Å². The van der Waals surface area contributed by atoms with E-state index in [4.69, 9.17) is 4.74 Å². The van der Waals surface area contributed by atoms with E-state index in [1.165, 1.54) is 11.1 Å². The Morgan fingerprint density at radius 1 is 1.24 bits per heavy atom. The van der Waals surface area contributed by atoms with Crippen LogP contribution in [0.5, 0.6) is 0 Å². The van der Waals surface area contributed by atoms with Crippen LogP contribution >= 0.6 is 0 Å². The van der Waals surface area contributed by atoms with E-state index in [2.05, 4.69) is 43.4 Å². The van der Waals surface area contributed by atoms with Crippen molar-refractivity contribution >= 4 is 0 Å². The third-order valence-corrected chi connectivity index (χ3v) is 3.01. The lowest BCUT2D eigenvalue weighted by molar-refractivity contribution is 0.125. The van der Waals surface area contributed by atoms with Crippen LogP contribution in [0, 0.1) is 0 Å². The molecule has 0 aliphatic rings. The van der Waals surface area contributed by atoms with Crippen molar-refractivity contribution in [2.75, 3.05) is 20.3 Å². The van der Waals surface area contributed by atoms with E-state index in [-0.39, 0.29) is 0 Å². The summed E-state index contributed by atoms with van der Waals surface area (Å²) in [5.74, 6) is 0. The van der Waals surface area contributed by atoms with Crippen LogP contribution in [-0.4, -0.2) is 20.3 Å². The first-order chi connectivity index (χ1) is 8.31. The summed E-state index contributed by atoms with van der Waals surface area (Å²) in [7, 11) is 2.02. The summed E-state index contributed by atoms with van der Waals surface area (Å²) in [5, 5.41) is 3.37. The maximum atomic E-state index is 5.55. The van der Waals surface area contributed by atoms with E-state index in [9.17, 15) is 0 Å². The summed E-state index contributed by atoms with van der Waals surface area (Å²) in [6, 6.07) is 9.22. The third-order valence-electron chi connectivity index (χ3n) is 3.01. The van der Waals surface area contributed by atoms with Crippen molar-refractivity contribution in [3.8, 4) is 0 Å². The Bertz CT molecular complexity index is 312. The van der Waals surface area contributed by atoms with Crippen molar-refractivity contribution in [2.45, 2.75) is 39.2 Å². The second-order valence-corrected chi connectivity index (χ2v) is 4.34. The number of aryl methyl sites for hydroxylation is 1. The average Bonchev–Trinajstić information content (AvgIpc) is 2.39. The summed E-state index contributed by atoms with van der Waals surface area (Å²) in [5.41, 5.74) is 2.77. The van der Waals surface area contributed by atoms with Crippen LogP contribution in [0.2, 0.25) is 0 Å². The van der Waals surface area contributed by atoms with Crippen molar-refractivity contribution < 1.29 is 4.74 Å². The van der Waals surface area contributed by atoms with Crippen LogP contribution in [0.25, 0.3) is 0 Å². The minimum absolute atomic E-state index is 0.401. The lowest BCUT2D eigenvalue weighted by atomic mass is 10.0. The molecular weight excluding hydrogens is 210 g/mol. The Labute approximate surface area is 105 Å². The molecule has 2 nitrogen and oxygen atoms in total. The van der Waals surface area contributed by atoms with Crippen LogP contribution in [-0.2, 0) is 11.2 Å². The zero-order valence-electron chi connectivity index (χ0n) is 11.3. The number of rotatable bonds is 8. The fraction of sp³-hybridized carbons (Fsp3) is 0.600. The molecule has 0 saturated heterocycles. The summed E-state index contributed by atoms with van der Waals surface area (Å²) in [6.45, 7) is 6.03. The predicted molar refractivity (Wildman–Crippen MR) is 73.3 cm³/mol. The molecule has 0 radical (unpaired) electrons. The molecule has 0 aliphatic carbocycles. The van der Waals surface area contributed by atoms with E-state index in [0.29, 0.717) is 6.04 Å². The highest BCUT2D eigenvalue weighted by Gasteiger charge is 2.08. The maximum Gasteiger partial charge on any atom is 0.0484 e. The SMILES string of the molecule is CCCOCCC(NC)c1cccc(CC)c1. The molecule has 1 aromatic carbocycles. The van der Waals surface area contributed by atoms with Gasteiger partial charge in [0, 0.05) is 19.3 Å².